The van der Waals surface area contributed by atoms with Crippen LogP contribution in [0.25, 0.3) is 82.5 Å². The molecule has 0 saturated carbocycles. The molecule has 0 spiro atoms. The highest BCUT2D eigenvalue weighted by molar-refractivity contribution is 6.31. The Morgan fingerprint density at radius 2 is 1.25 bits per heavy atom. The van der Waals surface area contributed by atoms with Crippen molar-refractivity contribution in [1.29, 1.82) is 0 Å². The Morgan fingerprint density at radius 1 is 0.550 bits per heavy atom. The number of rotatable bonds is 2. The van der Waals surface area contributed by atoms with Gasteiger partial charge in [-0.1, -0.05) is 84.3 Å². The minimum atomic E-state index is -0.164. The van der Waals surface area contributed by atoms with E-state index in [1.54, 1.807) is 16.7 Å². The first kappa shape index (κ1) is 16.9. The average Bonchev–Trinajstić information content (AvgIpc) is 3.72. The summed E-state index contributed by atoms with van der Waals surface area (Å²) in [4.78, 5) is 0. The van der Waals surface area contributed by atoms with Crippen LogP contribution in [0.1, 0.15) is 8.22 Å². The fourth-order valence-electron chi connectivity index (χ4n) is 5.90. The molecule has 3 nitrogen and oxygen atoms in total. The quantitative estimate of drug-likeness (QED) is 0.219. The van der Waals surface area contributed by atoms with Crippen LogP contribution in [-0.2, 0) is 0 Å². The van der Waals surface area contributed by atoms with E-state index in [0.29, 0.717) is 33.0 Å². The number of hydrogen-bond donors (Lipinski definition) is 0. The molecule has 0 aliphatic rings. The molecule has 3 aromatic heterocycles. The van der Waals surface area contributed by atoms with Gasteiger partial charge >= 0.3 is 0 Å². The van der Waals surface area contributed by atoms with E-state index >= 15 is 0 Å². The number of aromatic nitrogens is 1. The van der Waals surface area contributed by atoms with Crippen LogP contribution in [0, 0.1) is 0 Å². The molecule has 0 saturated heterocycles. The molecule has 0 aliphatic heterocycles. The lowest BCUT2D eigenvalue weighted by Gasteiger charge is -2.12. The molecule has 0 aliphatic carbocycles. The summed E-state index contributed by atoms with van der Waals surface area (Å²) in [6.07, 6.45) is 0. The normalized spacial score (nSPS) is 14.2. The number of para-hydroxylation sites is 4. The first-order valence-electron chi connectivity index (χ1n) is 15.8. The number of halogens is 1. The van der Waals surface area contributed by atoms with Gasteiger partial charge in [0.25, 0.3) is 0 Å². The van der Waals surface area contributed by atoms with Crippen LogP contribution in [0.15, 0.2) is 130 Å². The van der Waals surface area contributed by atoms with Gasteiger partial charge in [-0.15, -0.1) is 0 Å². The van der Waals surface area contributed by atoms with E-state index < -0.39 is 0 Å². The molecular formula is C36H20ClNO2. The number of fused-ring (bicyclic) bond motifs is 9. The van der Waals surface area contributed by atoms with E-state index in [-0.39, 0.29) is 58.1 Å². The summed E-state index contributed by atoms with van der Waals surface area (Å²) < 4.78 is 66.9. The zero-order valence-corrected chi connectivity index (χ0v) is 21.5. The van der Waals surface area contributed by atoms with Crippen molar-refractivity contribution in [1.82, 2.24) is 4.57 Å². The summed E-state index contributed by atoms with van der Waals surface area (Å²) in [6, 6.07) is 24.9. The van der Waals surface area contributed by atoms with Gasteiger partial charge in [0, 0.05) is 60.2 Å². The average molecular weight is 540 g/mol. The molecule has 0 radical (unpaired) electrons. The van der Waals surface area contributed by atoms with Crippen molar-refractivity contribution in [3.63, 3.8) is 0 Å². The maximum absolute atomic E-state index is 8.95. The Balaban J connectivity index is 1.50. The summed E-state index contributed by atoms with van der Waals surface area (Å²) in [5, 5.41) is 4.40. The smallest absolute Gasteiger partial charge is 0.143 e. The third kappa shape index (κ3) is 2.95. The standard InChI is InChI=1S/C36H20ClNO2/c37-21-16-17-26-29-19-22(38-31-13-4-1-8-23(31)24-9-2-5-14-32(24)38)20-30(36(29)40-34(26)18-21)28-12-7-11-27-25-10-3-6-15-33(25)39-35(27)28/h1-20H/i1D,2D,8D,9D,13D,14D. The lowest BCUT2D eigenvalue weighted by Crippen LogP contribution is -1.95. The summed E-state index contributed by atoms with van der Waals surface area (Å²) in [6.45, 7) is 0. The molecule has 0 atom stereocenters. The molecule has 9 aromatic rings. The molecule has 3 heterocycles. The molecule has 0 N–H and O–H groups in total. The minimum Gasteiger partial charge on any atom is -0.455 e. The summed E-state index contributed by atoms with van der Waals surface area (Å²) in [5.74, 6) is 0. The van der Waals surface area contributed by atoms with E-state index in [0.717, 1.165) is 32.7 Å². The Kier molecular flexibility index (Phi) is 3.38. The highest BCUT2D eigenvalue weighted by Gasteiger charge is 2.21. The van der Waals surface area contributed by atoms with Crippen LogP contribution in [-0.4, -0.2) is 4.57 Å². The summed E-state index contributed by atoms with van der Waals surface area (Å²) >= 11 is 6.37. The highest BCUT2D eigenvalue weighted by Crippen LogP contribution is 2.44. The van der Waals surface area contributed by atoms with E-state index in [9.17, 15) is 0 Å². The van der Waals surface area contributed by atoms with Crippen molar-refractivity contribution in [2.75, 3.05) is 0 Å². The molecule has 0 unspecified atom stereocenters. The first-order chi connectivity index (χ1) is 22.2. The maximum Gasteiger partial charge on any atom is 0.143 e. The van der Waals surface area contributed by atoms with Crippen LogP contribution < -0.4 is 0 Å². The topological polar surface area (TPSA) is 31.2 Å². The number of furan rings is 2. The van der Waals surface area contributed by atoms with Crippen molar-refractivity contribution in [3.05, 3.63) is 126 Å². The second-order valence-corrected chi connectivity index (χ2v) is 10.2. The fourth-order valence-corrected chi connectivity index (χ4v) is 6.06. The molecular weight excluding hydrogens is 514 g/mol. The maximum atomic E-state index is 8.95. The van der Waals surface area contributed by atoms with Crippen LogP contribution in [0.3, 0.4) is 0 Å². The Bertz CT molecular complexity index is 2720. The Morgan fingerprint density at radius 3 is 2.08 bits per heavy atom. The fraction of sp³-hybridized carbons (Fsp3) is 0. The molecule has 6 aromatic carbocycles. The largest absolute Gasteiger partial charge is 0.455 e. The van der Waals surface area contributed by atoms with Gasteiger partial charge in [0.05, 0.1) is 19.3 Å². The van der Waals surface area contributed by atoms with Gasteiger partial charge in [-0.2, -0.15) is 0 Å². The van der Waals surface area contributed by atoms with E-state index in [1.165, 1.54) is 12.1 Å². The molecule has 0 fully saturated rings. The highest BCUT2D eigenvalue weighted by atomic mass is 35.5. The molecule has 0 amide bonds. The zero-order valence-electron chi connectivity index (χ0n) is 26.7. The van der Waals surface area contributed by atoms with Gasteiger partial charge in [-0.05, 0) is 42.4 Å². The molecule has 188 valence electrons. The van der Waals surface area contributed by atoms with E-state index in [4.69, 9.17) is 28.7 Å². The lowest BCUT2D eigenvalue weighted by molar-refractivity contribution is 0.665. The minimum absolute atomic E-state index is 0.0256. The van der Waals surface area contributed by atoms with Crippen molar-refractivity contribution in [2.24, 2.45) is 0 Å². The van der Waals surface area contributed by atoms with Gasteiger partial charge in [0.1, 0.15) is 22.3 Å². The van der Waals surface area contributed by atoms with Gasteiger partial charge in [0.2, 0.25) is 0 Å². The number of nitrogens with zero attached hydrogens (tertiary/aromatic N) is 1. The lowest BCUT2D eigenvalue weighted by atomic mass is 9.99. The van der Waals surface area contributed by atoms with E-state index in [1.807, 2.05) is 60.7 Å². The zero-order chi connectivity index (χ0) is 31.6. The van der Waals surface area contributed by atoms with Crippen molar-refractivity contribution in [3.8, 4) is 16.8 Å². The van der Waals surface area contributed by atoms with Gasteiger partial charge in [-0.25, -0.2) is 0 Å². The monoisotopic (exact) mass is 539 g/mol. The molecule has 4 heteroatoms. The molecule has 0 bridgehead atoms. The summed E-state index contributed by atoms with van der Waals surface area (Å²) in [7, 11) is 0. The SMILES string of the molecule is [2H]c1cc([2H])c2c(c1[2H])c1c([2H])c([2H])cc([2H])c1n2-c1cc(-c2cccc3c2oc2ccccc23)c2oc3cc(Cl)ccc3c2c1. The van der Waals surface area contributed by atoms with Crippen LogP contribution in [0.5, 0.6) is 0 Å². The van der Waals surface area contributed by atoms with Crippen LogP contribution in [0.4, 0.5) is 0 Å². The molecule has 9 rings (SSSR count). The van der Waals surface area contributed by atoms with Crippen molar-refractivity contribution in [2.45, 2.75) is 0 Å². The first-order valence-corrected chi connectivity index (χ1v) is 13.2. The van der Waals surface area contributed by atoms with Gasteiger partial charge in [-0.3, -0.25) is 0 Å². The predicted molar refractivity (Wildman–Crippen MR) is 166 cm³/mol. The Hall–Kier alpha value is -4.99. The van der Waals surface area contributed by atoms with Gasteiger partial charge in [0.15, 0.2) is 0 Å². The second kappa shape index (κ2) is 8.01. The third-order valence-electron chi connectivity index (χ3n) is 7.60. The Labute approximate surface area is 241 Å². The van der Waals surface area contributed by atoms with Crippen LogP contribution in [0.2, 0.25) is 5.02 Å². The van der Waals surface area contributed by atoms with Gasteiger partial charge < -0.3 is 13.4 Å². The van der Waals surface area contributed by atoms with E-state index in [2.05, 4.69) is 0 Å². The van der Waals surface area contributed by atoms with Crippen molar-refractivity contribution >= 4 is 77.3 Å². The predicted octanol–water partition coefficient (Wildman–Crippen LogP) is 10.9. The second-order valence-electron chi connectivity index (χ2n) is 9.79. The number of hydrogen-bond acceptors (Lipinski definition) is 2. The summed E-state index contributed by atoms with van der Waals surface area (Å²) in [5.41, 5.74) is 5.19. The third-order valence-corrected chi connectivity index (χ3v) is 7.83. The number of benzene rings is 6. The van der Waals surface area contributed by atoms with Crippen LogP contribution >= 0.6 is 11.6 Å². The molecule has 40 heavy (non-hydrogen) atoms. The van der Waals surface area contributed by atoms with Crippen molar-refractivity contribution < 1.29 is 17.1 Å².